The van der Waals surface area contributed by atoms with E-state index >= 15 is 0 Å². The summed E-state index contributed by atoms with van der Waals surface area (Å²) in [6, 6.07) is 3.06. The summed E-state index contributed by atoms with van der Waals surface area (Å²) in [5.74, 6) is -0.805. The lowest BCUT2D eigenvalue weighted by atomic mass is 10.0. The van der Waals surface area contributed by atoms with Gasteiger partial charge in [-0.05, 0) is 84.8 Å². The highest BCUT2D eigenvalue weighted by atomic mass is 32.2. The predicted molar refractivity (Wildman–Crippen MR) is 208 cm³/mol. The Morgan fingerprint density at radius 2 is 1.84 bits per heavy atom. The Balaban J connectivity index is 1.22. The van der Waals surface area contributed by atoms with Gasteiger partial charge in [-0.2, -0.15) is 0 Å². The van der Waals surface area contributed by atoms with Crippen LogP contribution >= 0.6 is 0 Å². The van der Waals surface area contributed by atoms with Crippen LogP contribution in [0.2, 0.25) is 0 Å². The molecule has 5 amide bonds. The highest BCUT2D eigenvalue weighted by Crippen LogP contribution is 2.47. The van der Waals surface area contributed by atoms with E-state index in [1.165, 1.54) is 4.90 Å². The monoisotopic (exact) mass is 794 g/mol. The number of hydrogen-bond donors (Lipinski definition) is 3. The van der Waals surface area contributed by atoms with Crippen molar-refractivity contribution in [1.82, 2.24) is 30.1 Å². The number of sulfonamides is 1. The van der Waals surface area contributed by atoms with Crippen LogP contribution in [0.4, 0.5) is 4.79 Å². The number of urea groups is 1. The molecule has 2 saturated heterocycles. The maximum atomic E-state index is 14.6. The first-order valence-corrected chi connectivity index (χ1v) is 21.4. The molecule has 1 unspecified atom stereocenters. The fraction of sp³-hybridized carbons (Fsp3) is 0.625. The Morgan fingerprint density at radius 1 is 1.07 bits per heavy atom. The number of nitrogens with zero attached hydrogens (tertiary/aromatic N) is 3. The summed E-state index contributed by atoms with van der Waals surface area (Å²) in [6.45, 7) is 8.51. The van der Waals surface area contributed by atoms with E-state index in [0.717, 1.165) is 24.8 Å². The summed E-state index contributed by atoms with van der Waals surface area (Å²) in [7, 11) is -2.40. The molecule has 2 aromatic rings. The van der Waals surface area contributed by atoms with Crippen LogP contribution in [0, 0.1) is 12.8 Å². The lowest BCUT2D eigenvalue weighted by molar-refractivity contribution is -0.141. The number of allylic oxidation sites excluding steroid dienone is 1. The topological polar surface area (TPSA) is 186 Å². The Hall–Kier alpha value is -4.60. The summed E-state index contributed by atoms with van der Waals surface area (Å²) in [6.07, 6.45) is 8.44. The van der Waals surface area contributed by atoms with Crippen LogP contribution in [0.5, 0.6) is 17.4 Å². The first-order chi connectivity index (χ1) is 26.6. The van der Waals surface area contributed by atoms with Crippen LogP contribution < -0.4 is 29.6 Å². The molecule has 1 aromatic carbocycles. The molecule has 0 spiro atoms. The Kier molecular flexibility index (Phi) is 10.9. The molecule has 3 aliphatic heterocycles. The number of amides is 5. The highest BCUT2D eigenvalue weighted by Gasteiger charge is 2.63. The molecule has 5 atom stereocenters. The first-order valence-electron chi connectivity index (χ1n) is 19.9. The number of carbonyl (C=O) groups is 4. The zero-order chi connectivity index (χ0) is 40.0. The second kappa shape index (κ2) is 15.4. The number of rotatable bonds is 9. The average molecular weight is 795 g/mol. The van der Waals surface area contributed by atoms with Gasteiger partial charge in [0.05, 0.1) is 30.0 Å². The van der Waals surface area contributed by atoms with E-state index in [9.17, 15) is 27.6 Å². The van der Waals surface area contributed by atoms with Crippen molar-refractivity contribution in [3.05, 3.63) is 35.9 Å². The van der Waals surface area contributed by atoms with Gasteiger partial charge in [-0.25, -0.2) is 18.2 Å². The third kappa shape index (κ3) is 7.85. The second-order valence-corrected chi connectivity index (χ2v) is 18.7. The number of hydrogen-bond acceptors (Lipinski definition) is 10. The number of fused-ring (bicyclic) bond motifs is 3. The summed E-state index contributed by atoms with van der Waals surface area (Å²) >= 11 is 0. The lowest BCUT2D eigenvalue weighted by Crippen LogP contribution is -2.59. The van der Waals surface area contributed by atoms with Crippen LogP contribution in [0.3, 0.4) is 0 Å². The van der Waals surface area contributed by atoms with Gasteiger partial charge in [0.1, 0.15) is 35.2 Å². The van der Waals surface area contributed by atoms with Gasteiger partial charge in [0.15, 0.2) is 0 Å². The van der Waals surface area contributed by atoms with Crippen LogP contribution in [-0.4, -0.2) is 108 Å². The molecule has 2 saturated carbocycles. The second-order valence-electron chi connectivity index (χ2n) is 16.5. The van der Waals surface area contributed by atoms with Crippen molar-refractivity contribution in [2.45, 2.75) is 126 Å². The molecule has 0 radical (unpaired) electrons. The number of methoxy groups -OCH3 is 1. The molecule has 1 aromatic heterocycles. The van der Waals surface area contributed by atoms with Gasteiger partial charge >= 0.3 is 6.03 Å². The number of aryl methyl sites for hydroxylation is 1. The molecule has 0 bridgehead atoms. The standard InChI is InChI=1S/C40H54N6O9S/c1-24(2)54-33-21-32(28-14-15-31(53-5)25(3)34(28)42-33)55-27-20-30-35(47)43-40(37(49)44-56(51,52)39(4)16-17-39)22-26(40)12-9-7-6-8-10-13-29(36(48)46(30)23-27)41-38(50)45-18-11-19-45/h9,12,14-15,21,24,26-27,29-30H,6-8,10-11,13,16-20,22-23H2,1-5H3,(H,41,50)(H,43,47)(H,44,49)/b12-9-/t26?,27-,29+,30+,40-/m1/s1. The van der Waals surface area contributed by atoms with Gasteiger partial charge in [0.25, 0.3) is 5.91 Å². The molecule has 304 valence electrons. The van der Waals surface area contributed by atoms with Crippen molar-refractivity contribution < 1.29 is 41.8 Å². The summed E-state index contributed by atoms with van der Waals surface area (Å²) in [5, 5.41) is 6.56. The van der Waals surface area contributed by atoms with Crippen molar-refractivity contribution >= 4 is 44.7 Å². The van der Waals surface area contributed by atoms with E-state index in [0.29, 0.717) is 73.5 Å². The molecule has 15 nitrogen and oxygen atoms in total. The maximum absolute atomic E-state index is 14.6. The van der Waals surface area contributed by atoms with Crippen molar-refractivity contribution in [2.24, 2.45) is 5.92 Å². The molecule has 5 aliphatic rings. The van der Waals surface area contributed by atoms with Crippen LogP contribution in [0.25, 0.3) is 10.9 Å². The van der Waals surface area contributed by atoms with Crippen LogP contribution in [0.15, 0.2) is 30.4 Å². The van der Waals surface area contributed by atoms with Gasteiger partial charge in [0.2, 0.25) is 27.7 Å². The number of ether oxygens (including phenoxy) is 3. The highest BCUT2D eigenvalue weighted by molar-refractivity contribution is 7.91. The molecule has 7 rings (SSSR count). The molecule has 4 heterocycles. The third-order valence-corrected chi connectivity index (χ3v) is 14.1. The van der Waals surface area contributed by atoms with Gasteiger partial charge in [0, 0.05) is 42.4 Å². The normalized spacial score (nSPS) is 28.1. The van der Waals surface area contributed by atoms with Crippen molar-refractivity contribution in [3.63, 3.8) is 0 Å². The van der Waals surface area contributed by atoms with Gasteiger partial charge in [-0.15, -0.1) is 0 Å². The molecule has 2 aliphatic carbocycles. The van der Waals surface area contributed by atoms with E-state index in [4.69, 9.17) is 19.2 Å². The minimum absolute atomic E-state index is 0.0155. The van der Waals surface area contributed by atoms with E-state index in [-0.39, 0.29) is 31.5 Å². The molecular weight excluding hydrogens is 741 g/mol. The Labute approximate surface area is 328 Å². The molecule has 56 heavy (non-hydrogen) atoms. The van der Waals surface area contributed by atoms with E-state index < -0.39 is 62.1 Å². The van der Waals surface area contributed by atoms with E-state index in [1.807, 2.05) is 45.1 Å². The third-order valence-electron chi connectivity index (χ3n) is 11.9. The number of nitrogens with one attached hydrogen (secondary N) is 3. The smallest absolute Gasteiger partial charge is 0.318 e. The fourth-order valence-electron chi connectivity index (χ4n) is 7.86. The predicted octanol–water partition coefficient (Wildman–Crippen LogP) is 3.86. The number of carbonyl (C=O) groups excluding carboxylic acids is 4. The summed E-state index contributed by atoms with van der Waals surface area (Å²) in [5.41, 5.74) is -0.109. The minimum atomic E-state index is -3.99. The van der Waals surface area contributed by atoms with Crippen molar-refractivity contribution in [1.29, 1.82) is 0 Å². The Bertz CT molecular complexity index is 2030. The maximum Gasteiger partial charge on any atom is 0.318 e. The van der Waals surface area contributed by atoms with Crippen molar-refractivity contribution in [2.75, 3.05) is 26.7 Å². The molecule has 16 heteroatoms. The first kappa shape index (κ1) is 39.6. The van der Waals surface area contributed by atoms with E-state index in [2.05, 4.69) is 15.4 Å². The Morgan fingerprint density at radius 3 is 2.52 bits per heavy atom. The van der Waals surface area contributed by atoms with E-state index in [1.54, 1.807) is 25.0 Å². The summed E-state index contributed by atoms with van der Waals surface area (Å²) in [4.78, 5) is 64.1. The number of likely N-dealkylation sites (tertiary alicyclic amines) is 1. The van der Waals surface area contributed by atoms with Crippen molar-refractivity contribution in [3.8, 4) is 17.4 Å². The SMILES string of the molecule is COc1ccc2c(O[C@@H]3C[C@H]4C(=O)N[C@]5(C(=O)NS(=O)(=O)C6(C)CC6)CC5/C=C\CCCCC[C@H](NC(=O)N5CCC5)C(=O)N4C3)cc(OC(C)C)nc2c1C. The number of aromatic nitrogens is 1. The zero-order valence-electron chi connectivity index (χ0n) is 32.9. The fourth-order valence-corrected chi connectivity index (χ4v) is 9.18. The zero-order valence-corrected chi connectivity index (χ0v) is 33.7. The number of benzene rings is 1. The van der Waals surface area contributed by atoms with Crippen LogP contribution in [0.1, 0.15) is 90.5 Å². The quantitative estimate of drug-likeness (QED) is 0.315. The molecule has 3 N–H and O–H groups in total. The minimum Gasteiger partial charge on any atom is -0.496 e. The van der Waals surface area contributed by atoms with Gasteiger partial charge in [-0.1, -0.05) is 25.0 Å². The average Bonchev–Trinajstić information content (AvgIpc) is 3.99. The molecular formula is C40H54N6O9S. The largest absolute Gasteiger partial charge is 0.496 e. The lowest BCUT2D eigenvalue weighted by Gasteiger charge is -2.34. The molecule has 4 fully saturated rings. The van der Waals surface area contributed by atoms with Gasteiger partial charge < -0.3 is 34.6 Å². The summed E-state index contributed by atoms with van der Waals surface area (Å²) < 4.78 is 45.9. The van der Waals surface area contributed by atoms with Crippen LogP contribution in [-0.2, 0) is 24.4 Å². The number of pyridine rings is 1. The van der Waals surface area contributed by atoms with Gasteiger partial charge in [-0.3, -0.25) is 19.1 Å².